The number of benzene rings is 4. The highest BCUT2D eigenvalue weighted by molar-refractivity contribution is 7.98. The molecule has 0 unspecified atom stereocenters. The van der Waals surface area contributed by atoms with Crippen LogP contribution in [0.2, 0.25) is 0 Å². The van der Waals surface area contributed by atoms with E-state index in [1.54, 1.807) is 0 Å². The van der Waals surface area contributed by atoms with Crippen LogP contribution in [0.3, 0.4) is 0 Å². The Balaban J connectivity index is 1.69. The number of carbonyl (C=O) groups excluding carboxylic acids is 1. The summed E-state index contributed by atoms with van der Waals surface area (Å²) >= 11 is -0.598. The summed E-state index contributed by atoms with van der Waals surface area (Å²) in [5.74, 6) is -6.53. The van der Waals surface area contributed by atoms with Gasteiger partial charge in [0.1, 0.15) is 6.50 Å². The molecule has 0 aliphatic carbocycles. The molecule has 1 saturated heterocycles. The second kappa shape index (κ2) is 16.7. The molecule has 1 amide bonds. The number of hydrogen-bond acceptors (Lipinski definition) is 5. The van der Waals surface area contributed by atoms with Crippen molar-refractivity contribution in [3.05, 3.63) is 135 Å². The third kappa shape index (κ3) is 9.00. The smallest absolute Gasteiger partial charge is 0.383 e. The number of methoxy groups -OCH3 is 1. The molecule has 53 heavy (non-hydrogen) atoms. The van der Waals surface area contributed by atoms with Crippen LogP contribution in [0.1, 0.15) is 66.6 Å². The number of likely N-dealkylation sites (tertiary alicyclic amines) is 1. The second-order valence-corrected chi connectivity index (χ2v) is 11.9. The summed E-state index contributed by atoms with van der Waals surface area (Å²) in [5.41, 5.74) is -14.4. The van der Waals surface area contributed by atoms with Gasteiger partial charge in [0.15, 0.2) is 17.1 Å². The number of hydrogen-bond donors (Lipinski definition) is 0. The maximum Gasteiger partial charge on any atom is 0.416 e. The lowest BCUT2D eigenvalue weighted by atomic mass is 9.97. The van der Waals surface area contributed by atoms with Crippen LogP contribution in [0, 0.1) is 18.6 Å². The fraction of sp³-hybridized carbons (Fsp3) is 0.317. The molecule has 4 aromatic carbocycles. The molecule has 1 aromatic heterocycles. The van der Waals surface area contributed by atoms with Gasteiger partial charge in [-0.15, -0.1) is 11.8 Å². The van der Waals surface area contributed by atoms with Gasteiger partial charge in [0.25, 0.3) is 0 Å². The highest BCUT2D eigenvalue weighted by Crippen LogP contribution is 2.32. The minimum absolute atomic E-state index is 0.116. The summed E-state index contributed by atoms with van der Waals surface area (Å²) in [6.07, 6.45) is -6.30. The van der Waals surface area contributed by atoms with Gasteiger partial charge in [0.2, 0.25) is 5.91 Å². The Morgan fingerprint density at radius 2 is 1.68 bits per heavy atom. The maximum atomic E-state index is 15.6. The quantitative estimate of drug-likeness (QED) is 0.0939. The third-order valence-electron chi connectivity index (χ3n) is 7.74. The lowest BCUT2D eigenvalue weighted by Gasteiger charge is -2.39. The number of piperidine rings is 1. The molecule has 2 heterocycles. The normalized spacial score (nSPS) is 21.5. The van der Waals surface area contributed by atoms with Crippen LogP contribution in [0.5, 0.6) is 0 Å². The predicted molar refractivity (Wildman–Crippen MR) is 198 cm³/mol. The van der Waals surface area contributed by atoms with Crippen molar-refractivity contribution in [3.63, 3.8) is 0 Å². The van der Waals surface area contributed by atoms with Gasteiger partial charge in [-0.2, -0.15) is 13.2 Å². The van der Waals surface area contributed by atoms with E-state index in [1.807, 2.05) is 0 Å². The molecule has 0 N–H and O–H groups in total. The van der Waals surface area contributed by atoms with E-state index >= 15 is 9.18 Å². The molecule has 0 spiro atoms. The topological polar surface area (TPSA) is 54.8 Å². The van der Waals surface area contributed by atoms with Gasteiger partial charge in [-0.05, 0) is 72.2 Å². The first kappa shape index (κ1) is 18.7. The fourth-order valence-electron chi connectivity index (χ4n) is 5.06. The molecule has 0 saturated carbocycles. The van der Waals surface area contributed by atoms with Crippen LogP contribution >= 0.6 is 11.8 Å². The third-order valence-corrected chi connectivity index (χ3v) is 8.52. The lowest BCUT2D eigenvalue weighted by molar-refractivity contribution is -0.137. The van der Waals surface area contributed by atoms with E-state index in [-0.39, 0.29) is 22.6 Å². The standard InChI is InChI=1S/C41H40F5N3O3S/c1-27-22-29(28-12-14-32(15-13-28)41(44,45)46)10-11-30(27)24-48(33-16-18-47(19-17-33)20-21-52-2)38(51)25-49-36-9-4-3-7-34(36)37(50)23-39(49)53-26-31-6-5-8-35(42)40(31)43/h3-15,22-23,33H,16-21,24-26H2,1-2H3/i3D,4D,5D,6D,7D,8D,9D,10D,11D,12D,13D,14D,15D,21D2,22D,23D,24D2,25D2,26D2. The largest absolute Gasteiger partial charge is 0.416 e. The van der Waals surface area contributed by atoms with E-state index in [4.69, 9.17) is 30.8 Å². The van der Waals surface area contributed by atoms with E-state index in [2.05, 4.69) is 0 Å². The molecule has 0 radical (unpaired) electrons. The van der Waals surface area contributed by atoms with E-state index in [1.165, 1.54) is 4.90 Å². The summed E-state index contributed by atoms with van der Waals surface area (Å²) in [6, 6.07) is -22.4. The van der Waals surface area contributed by atoms with Crippen LogP contribution in [0.4, 0.5) is 22.0 Å². The zero-order chi connectivity index (χ0) is 57.9. The van der Waals surface area contributed by atoms with Crippen molar-refractivity contribution in [2.24, 2.45) is 0 Å². The molecule has 6 rings (SSSR count). The number of pyridine rings is 1. The number of fused-ring (bicyclic) bond motifs is 1. The molecule has 12 heteroatoms. The molecule has 0 atom stereocenters. The van der Waals surface area contributed by atoms with Crippen molar-refractivity contribution < 1.29 is 63.0 Å². The Kier molecular flexibility index (Phi) is 5.87. The van der Waals surface area contributed by atoms with Gasteiger partial charge in [-0.1, -0.05) is 54.4 Å². The first-order valence-electron chi connectivity index (χ1n) is 26.9. The van der Waals surface area contributed by atoms with Gasteiger partial charge in [-0.3, -0.25) is 9.59 Å². The molecule has 6 nitrogen and oxygen atoms in total. The molecule has 1 fully saturated rings. The number of carbonyl (C=O) groups is 1. The molecule has 278 valence electrons. The lowest BCUT2D eigenvalue weighted by Crippen LogP contribution is -2.48. The average molecular weight is 773 g/mol. The molecule has 0 bridgehead atoms. The zero-order valence-corrected chi connectivity index (χ0v) is 28.3. The average Bonchev–Trinajstić information content (AvgIpc) is 3.32. The van der Waals surface area contributed by atoms with Crippen LogP contribution in [-0.4, -0.2) is 59.6 Å². The summed E-state index contributed by atoms with van der Waals surface area (Å²) < 4.78 is 277. The predicted octanol–water partition coefficient (Wildman–Crippen LogP) is 8.71. The number of rotatable bonds is 12. The van der Waals surface area contributed by atoms with Crippen LogP contribution in [0.15, 0.2) is 100 Å². The Morgan fingerprint density at radius 3 is 2.40 bits per heavy atom. The van der Waals surface area contributed by atoms with Crippen molar-refractivity contribution in [3.8, 4) is 11.1 Å². The number of amides is 1. The van der Waals surface area contributed by atoms with E-state index in [0.717, 1.165) is 14.0 Å². The zero-order valence-electron chi connectivity index (χ0n) is 50.5. The Morgan fingerprint density at radius 1 is 0.962 bits per heavy atom. The highest BCUT2D eigenvalue weighted by atomic mass is 32.2. The first-order chi connectivity index (χ1) is 34.7. The van der Waals surface area contributed by atoms with Gasteiger partial charge in [-0.25, -0.2) is 8.78 Å². The number of alkyl halides is 3. The minimum Gasteiger partial charge on any atom is -0.383 e. The van der Waals surface area contributed by atoms with Crippen molar-refractivity contribution in [1.29, 1.82) is 0 Å². The summed E-state index contributed by atoms with van der Waals surface area (Å²) in [5, 5.41) is -2.67. The SMILES string of the molecule is [2H]c1c([2H])c(F)c(F)c(C([2H])([2H])Sc2c([2H])c(=O)c3c([2H])c([2H])c([2H])c([2H])c3n2C([2H])([2H])C(=O)N(C2CCN(CC([2H])([2H])OC)CC2)C([2H])([2H])c2c([2H])c([2H])c(-c3c([2H])c([2H])c(C(F)(F)F)c([2H])c3[2H])c([2H])c2C)c1[2H]. The fourth-order valence-corrected chi connectivity index (χ4v) is 5.77. The summed E-state index contributed by atoms with van der Waals surface area (Å²) in [7, 11) is 1.06. The summed E-state index contributed by atoms with van der Waals surface area (Å²) in [4.78, 5) is 31.3. The van der Waals surface area contributed by atoms with Crippen molar-refractivity contribution in [1.82, 2.24) is 14.4 Å². The first-order valence-corrected chi connectivity index (χ1v) is 16.2. The van der Waals surface area contributed by atoms with Gasteiger partial charge in [0, 0.05) is 64.7 Å². The second-order valence-electron chi connectivity index (χ2n) is 11.2. The van der Waals surface area contributed by atoms with Gasteiger partial charge in [0.05, 0.1) is 51.5 Å². The number of ether oxygens (including phenoxy) is 1. The Hall–Kier alpha value is -4.52. The molecule has 1 aliphatic rings. The summed E-state index contributed by atoms with van der Waals surface area (Å²) in [6.45, 7) is -10.2. The van der Waals surface area contributed by atoms with Crippen LogP contribution in [-0.2, 0) is 34.4 Å². The van der Waals surface area contributed by atoms with Gasteiger partial charge >= 0.3 is 6.18 Å². The monoisotopic (exact) mass is 772 g/mol. The van der Waals surface area contributed by atoms with Crippen molar-refractivity contribution >= 4 is 28.6 Å². The number of nitrogens with zero attached hydrogens (tertiary/aromatic N) is 3. The minimum atomic E-state index is -5.44. The number of thioether (sulfide) groups is 1. The molecule has 5 aromatic rings. The van der Waals surface area contributed by atoms with E-state index < -0.39 is 232 Å². The maximum absolute atomic E-state index is 15.6. The Bertz CT molecular complexity index is 3250. The van der Waals surface area contributed by atoms with Crippen LogP contribution < -0.4 is 5.43 Å². The number of para-hydroxylation sites is 1. The highest BCUT2D eigenvalue weighted by Gasteiger charge is 2.31. The molecule has 1 aliphatic heterocycles. The Labute approximate surface area is 341 Å². The number of aromatic nitrogens is 1. The molecular weight excluding hydrogens is 710 g/mol. The number of halogens is 5. The molecular formula is C41H40F5N3O3S. The van der Waals surface area contributed by atoms with Gasteiger partial charge < -0.3 is 19.1 Å². The van der Waals surface area contributed by atoms with Crippen LogP contribution in [0.25, 0.3) is 22.0 Å². The van der Waals surface area contributed by atoms with E-state index in [9.17, 15) is 27.8 Å². The van der Waals surface area contributed by atoms with E-state index in [0.29, 0.717) is 0 Å². The van der Waals surface area contributed by atoms with Crippen molar-refractivity contribution in [2.75, 3.05) is 33.3 Å². The van der Waals surface area contributed by atoms with Crippen molar-refractivity contribution in [2.45, 2.75) is 55.7 Å².